The molecule has 27 heavy (non-hydrogen) atoms. The Labute approximate surface area is 164 Å². The Kier molecular flexibility index (Phi) is 5.46. The molecule has 0 radical (unpaired) electrons. The van der Waals surface area contributed by atoms with Gasteiger partial charge in [0, 0.05) is 31.4 Å². The number of ether oxygens (including phenoxy) is 1. The summed E-state index contributed by atoms with van der Waals surface area (Å²) < 4.78 is 31.5. The first-order chi connectivity index (χ1) is 12.7. The van der Waals surface area contributed by atoms with Gasteiger partial charge in [-0.15, -0.1) is 0 Å². The molecule has 0 spiro atoms. The third-order valence-corrected chi connectivity index (χ3v) is 6.49. The molecule has 0 fully saturated rings. The molecular weight excluding hydrogens is 388 g/mol. The molecule has 1 aliphatic heterocycles. The van der Waals surface area contributed by atoms with Crippen LogP contribution in [0.1, 0.15) is 12.5 Å². The molecule has 0 aliphatic carbocycles. The van der Waals surface area contributed by atoms with Crippen LogP contribution < -0.4 is 9.64 Å². The Balaban J connectivity index is 1.80. The molecular formula is C19H21ClN2O4S. The number of hydrogen-bond donors (Lipinski definition) is 0. The summed E-state index contributed by atoms with van der Waals surface area (Å²) in [6, 6.07) is 11.7. The molecule has 0 bridgehead atoms. The Morgan fingerprint density at radius 1 is 1.22 bits per heavy atom. The van der Waals surface area contributed by atoms with Crippen LogP contribution in [0.2, 0.25) is 5.02 Å². The summed E-state index contributed by atoms with van der Waals surface area (Å²) in [5.74, 6) is 0.340. The lowest BCUT2D eigenvalue weighted by molar-refractivity contribution is -0.124. The smallest absolute Gasteiger partial charge is 0.267 e. The van der Waals surface area contributed by atoms with Gasteiger partial charge in [-0.25, -0.2) is 12.7 Å². The topological polar surface area (TPSA) is 66.9 Å². The van der Waals surface area contributed by atoms with Crippen molar-refractivity contribution >= 4 is 33.2 Å². The minimum atomic E-state index is -3.50. The number of rotatable bonds is 5. The van der Waals surface area contributed by atoms with E-state index in [1.807, 2.05) is 0 Å². The molecule has 0 unspecified atom stereocenters. The third-order valence-electron chi connectivity index (χ3n) is 4.45. The van der Waals surface area contributed by atoms with Gasteiger partial charge in [0.15, 0.2) is 6.10 Å². The molecule has 0 N–H and O–H groups in total. The van der Waals surface area contributed by atoms with Crippen LogP contribution in [0.5, 0.6) is 5.75 Å². The van der Waals surface area contributed by atoms with Crippen LogP contribution in [0, 0.1) is 0 Å². The molecule has 1 aliphatic rings. The van der Waals surface area contributed by atoms with Gasteiger partial charge in [0.05, 0.1) is 4.90 Å². The predicted octanol–water partition coefficient (Wildman–Crippen LogP) is 2.95. The lowest BCUT2D eigenvalue weighted by Crippen LogP contribution is -2.39. The maximum atomic E-state index is 12.8. The van der Waals surface area contributed by atoms with Crippen LogP contribution in [0.15, 0.2) is 47.4 Å². The van der Waals surface area contributed by atoms with Crippen molar-refractivity contribution in [1.29, 1.82) is 0 Å². The van der Waals surface area contributed by atoms with Gasteiger partial charge < -0.3 is 9.64 Å². The van der Waals surface area contributed by atoms with Crippen LogP contribution in [-0.4, -0.2) is 45.4 Å². The molecule has 1 heterocycles. The Morgan fingerprint density at radius 3 is 2.63 bits per heavy atom. The molecule has 6 nitrogen and oxygen atoms in total. The fourth-order valence-electron chi connectivity index (χ4n) is 2.99. The molecule has 0 saturated carbocycles. The van der Waals surface area contributed by atoms with Crippen molar-refractivity contribution in [1.82, 2.24) is 4.31 Å². The lowest BCUT2D eigenvalue weighted by atomic mass is 10.2. The highest BCUT2D eigenvalue weighted by Crippen LogP contribution is 2.31. The normalized spacial score (nSPS) is 14.9. The molecule has 1 atom stereocenters. The Bertz CT molecular complexity index is 975. The van der Waals surface area contributed by atoms with Crippen LogP contribution in [0.3, 0.4) is 0 Å². The van der Waals surface area contributed by atoms with Crippen LogP contribution in [0.25, 0.3) is 0 Å². The third kappa shape index (κ3) is 3.95. The molecule has 144 valence electrons. The number of halogens is 1. The number of anilines is 1. The maximum absolute atomic E-state index is 12.8. The minimum Gasteiger partial charge on any atom is -0.481 e. The van der Waals surface area contributed by atoms with Crippen LogP contribution >= 0.6 is 11.6 Å². The van der Waals surface area contributed by atoms with Crippen molar-refractivity contribution in [2.24, 2.45) is 0 Å². The lowest BCUT2D eigenvalue weighted by Gasteiger charge is -2.22. The summed E-state index contributed by atoms with van der Waals surface area (Å²) in [6.07, 6.45) is -0.0959. The second kappa shape index (κ2) is 7.50. The largest absolute Gasteiger partial charge is 0.481 e. The molecule has 3 rings (SSSR count). The van der Waals surface area contributed by atoms with E-state index in [4.69, 9.17) is 16.3 Å². The van der Waals surface area contributed by atoms with E-state index in [0.717, 1.165) is 11.3 Å². The van der Waals surface area contributed by atoms with Gasteiger partial charge in [-0.05, 0) is 55.3 Å². The van der Waals surface area contributed by atoms with Gasteiger partial charge in [0.1, 0.15) is 5.75 Å². The van der Waals surface area contributed by atoms with E-state index in [-0.39, 0.29) is 10.8 Å². The van der Waals surface area contributed by atoms with Crippen LogP contribution in [0.4, 0.5) is 5.69 Å². The quantitative estimate of drug-likeness (QED) is 0.762. The predicted molar refractivity (Wildman–Crippen MR) is 105 cm³/mol. The summed E-state index contributed by atoms with van der Waals surface area (Å²) in [7, 11) is -0.518. The van der Waals surface area contributed by atoms with E-state index < -0.39 is 16.1 Å². The summed E-state index contributed by atoms with van der Waals surface area (Å²) >= 11 is 5.95. The average molecular weight is 409 g/mol. The molecule has 2 aromatic carbocycles. The van der Waals surface area contributed by atoms with Crippen molar-refractivity contribution in [3.05, 3.63) is 53.1 Å². The standard InChI is InChI=1S/C19H21ClN2O4S/c1-13(26-16-6-4-5-15(20)12-16)19(23)22-10-9-14-11-17(7-8-18(14)22)27(24,25)21(2)3/h4-8,11-13H,9-10H2,1-3H3/t13-/m0/s1. The van der Waals surface area contributed by atoms with Gasteiger partial charge in [-0.2, -0.15) is 0 Å². The summed E-state index contributed by atoms with van der Waals surface area (Å²) in [5.41, 5.74) is 1.56. The average Bonchev–Trinajstić information content (AvgIpc) is 3.04. The number of hydrogen-bond acceptors (Lipinski definition) is 4. The first-order valence-corrected chi connectivity index (χ1v) is 10.3. The highest BCUT2D eigenvalue weighted by atomic mass is 35.5. The van der Waals surface area contributed by atoms with Gasteiger partial charge >= 0.3 is 0 Å². The van der Waals surface area contributed by atoms with Gasteiger partial charge in [0.25, 0.3) is 5.91 Å². The van der Waals surface area contributed by atoms with Gasteiger partial charge in [0.2, 0.25) is 10.0 Å². The first-order valence-electron chi connectivity index (χ1n) is 8.49. The number of nitrogens with zero attached hydrogens (tertiary/aromatic N) is 2. The van der Waals surface area contributed by atoms with E-state index in [1.165, 1.54) is 24.5 Å². The summed E-state index contributed by atoms with van der Waals surface area (Å²) in [6.45, 7) is 2.18. The van der Waals surface area contributed by atoms with Crippen molar-refractivity contribution in [3.8, 4) is 5.75 Å². The Hall–Kier alpha value is -2.09. The zero-order valence-electron chi connectivity index (χ0n) is 15.3. The molecule has 1 amide bonds. The first kappa shape index (κ1) is 19.7. The Morgan fingerprint density at radius 2 is 1.96 bits per heavy atom. The van der Waals surface area contributed by atoms with Crippen molar-refractivity contribution in [2.45, 2.75) is 24.3 Å². The molecule has 0 saturated heterocycles. The number of benzene rings is 2. The minimum absolute atomic E-state index is 0.183. The fraction of sp³-hybridized carbons (Fsp3) is 0.316. The zero-order chi connectivity index (χ0) is 19.8. The number of sulfonamides is 1. The maximum Gasteiger partial charge on any atom is 0.267 e. The van der Waals surface area contributed by atoms with E-state index >= 15 is 0 Å². The van der Waals surface area contributed by atoms with Crippen molar-refractivity contribution in [2.75, 3.05) is 25.5 Å². The van der Waals surface area contributed by atoms with E-state index in [2.05, 4.69) is 0 Å². The van der Waals surface area contributed by atoms with Gasteiger partial charge in [-0.1, -0.05) is 17.7 Å². The monoisotopic (exact) mass is 408 g/mol. The van der Waals surface area contributed by atoms with E-state index in [1.54, 1.807) is 48.2 Å². The van der Waals surface area contributed by atoms with Crippen LogP contribution in [-0.2, 0) is 21.2 Å². The van der Waals surface area contributed by atoms with Crippen molar-refractivity contribution < 1.29 is 17.9 Å². The van der Waals surface area contributed by atoms with Crippen molar-refractivity contribution in [3.63, 3.8) is 0 Å². The van der Waals surface area contributed by atoms with Gasteiger partial charge in [-0.3, -0.25) is 4.79 Å². The van der Waals surface area contributed by atoms with E-state index in [9.17, 15) is 13.2 Å². The highest BCUT2D eigenvalue weighted by Gasteiger charge is 2.30. The molecule has 8 heteroatoms. The molecule has 2 aromatic rings. The number of carbonyl (C=O) groups excluding carboxylic acids is 1. The molecule has 0 aromatic heterocycles. The second-order valence-electron chi connectivity index (χ2n) is 6.54. The SMILES string of the molecule is C[C@H](Oc1cccc(Cl)c1)C(=O)N1CCc2cc(S(=O)(=O)N(C)C)ccc21. The number of fused-ring (bicyclic) bond motifs is 1. The summed E-state index contributed by atoms with van der Waals surface area (Å²) in [4.78, 5) is 14.7. The zero-order valence-corrected chi connectivity index (χ0v) is 16.9. The van der Waals surface area contributed by atoms with E-state index in [0.29, 0.717) is 23.7 Å². The number of amides is 1. The fourth-order valence-corrected chi connectivity index (χ4v) is 4.13. The highest BCUT2D eigenvalue weighted by molar-refractivity contribution is 7.89. The summed E-state index contributed by atoms with van der Waals surface area (Å²) in [5, 5.41) is 0.535. The number of carbonyl (C=O) groups is 1. The second-order valence-corrected chi connectivity index (χ2v) is 9.12.